The van der Waals surface area contributed by atoms with Gasteiger partial charge in [0.25, 0.3) is 5.91 Å². The van der Waals surface area contributed by atoms with Crippen molar-refractivity contribution < 1.29 is 19.0 Å². The van der Waals surface area contributed by atoms with Crippen LogP contribution < -0.4 is 10.2 Å². The number of ether oxygens (including phenoxy) is 1. The maximum Gasteiger partial charge on any atom is 0.277 e. The van der Waals surface area contributed by atoms with Crippen molar-refractivity contribution in [3.63, 3.8) is 0 Å². The van der Waals surface area contributed by atoms with Crippen LogP contribution in [0, 0.1) is 5.82 Å². The van der Waals surface area contributed by atoms with Crippen LogP contribution in [0.2, 0.25) is 0 Å². The average Bonchev–Trinajstić information content (AvgIpc) is 2.47. The van der Waals surface area contributed by atoms with Gasteiger partial charge in [0.2, 0.25) is 0 Å². The van der Waals surface area contributed by atoms with Gasteiger partial charge in [0.05, 0.1) is 6.21 Å². The molecular formula is C15H13FN2O3. The first-order valence-corrected chi connectivity index (χ1v) is 6.13. The molecule has 2 aromatic carbocycles. The monoisotopic (exact) mass is 288 g/mol. The predicted molar refractivity (Wildman–Crippen MR) is 75.7 cm³/mol. The van der Waals surface area contributed by atoms with Gasteiger partial charge in [-0.1, -0.05) is 12.1 Å². The number of hydrazone groups is 1. The van der Waals surface area contributed by atoms with Crippen molar-refractivity contribution in [2.45, 2.75) is 0 Å². The van der Waals surface area contributed by atoms with Gasteiger partial charge >= 0.3 is 0 Å². The predicted octanol–water partition coefficient (Wildman–Crippen LogP) is 2.06. The molecule has 0 saturated heterocycles. The van der Waals surface area contributed by atoms with Crippen LogP contribution in [0.4, 0.5) is 4.39 Å². The number of carbonyl (C=O) groups excluding carboxylic acids is 1. The van der Waals surface area contributed by atoms with Gasteiger partial charge in [0, 0.05) is 0 Å². The highest BCUT2D eigenvalue weighted by Crippen LogP contribution is 2.10. The Labute approximate surface area is 120 Å². The van der Waals surface area contributed by atoms with Gasteiger partial charge in [-0.2, -0.15) is 5.10 Å². The van der Waals surface area contributed by atoms with Crippen LogP contribution in [-0.2, 0) is 4.79 Å². The molecule has 0 unspecified atom stereocenters. The Balaban J connectivity index is 1.78. The number of hydrogen-bond acceptors (Lipinski definition) is 4. The van der Waals surface area contributed by atoms with E-state index < -0.39 is 5.91 Å². The summed E-state index contributed by atoms with van der Waals surface area (Å²) < 4.78 is 17.8. The van der Waals surface area contributed by atoms with Crippen LogP contribution in [0.15, 0.2) is 53.6 Å². The average molecular weight is 288 g/mol. The minimum atomic E-state index is -0.448. The largest absolute Gasteiger partial charge is 0.508 e. The highest BCUT2D eigenvalue weighted by molar-refractivity contribution is 5.83. The summed E-state index contributed by atoms with van der Waals surface area (Å²) in [6, 6.07) is 11.8. The second kappa shape index (κ2) is 7.04. The molecule has 2 rings (SSSR count). The second-order valence-electron chi connectivity index (χ2n) is 4.13. The summed E-state index contributed by atoms with van der Waals surface area (Å²) in [4.78, 5) is 11.5. The van der Waals surface area contributed by atoms with Crippen molar-refractivity contribution in [2.24, 2.45) is 5.10 Å². The maximum atomic E-state index is 12.7. The summed E-state index contributed by atoms with van der Waals surface area (Å²) >= 11 is 0. The van der Waals surface area contributed by atoms with E-state index in [-0.39, 0.29) is 18.2 Å². The van der Waals surface area contributed by atoms with E-state index in [2.05, 4.69) is 10.5 Å². The summed E-state index contributed by atoms with van der Waals surface area (Å²) in [5, 5.41) is 13.0. The molecule has 0 aliphatic rings. The molecule has 2 aromatic rings. The topological polar surface area (TPSA) is 70.9 Å². The number of benzene rings is 2. The fraction of sp³-hybridized carbons (Fsp3) is 0.0667. The fourth-order valence-electron chi connectivity index (χ4n) is 1.50. The van der Waals surface area contributed by atoms with Crippen molar-refractivity contribution >= 4 is 12.1 Å². The van der Waals surface area contributed by atoms with Gasteiger partial charge in [-0.15, -0.1) is 0 Å². The smallest absolute Gasteiger partial charge is 0.277 e. The molecule has 0 radical (unpaired) electrons. The molecule has 0 saturated carbocycles. The third-order valence-electron chi connectivity index (χ3n) is 2.46. The van der Waals surface area contributed by atoms with Crippen LogP contribution >= 0.6 is 0 Å². The van der Waals surface area contributed by atoms with E-state index >= 15 is 0 Å². The molecule has 0 aliphatic heterocycles. The van der Waals surface area contributed by atoms with Gasteiger partial charge in [-0.05, 0) is 42.0 Å². The fourth-order valence-corrected chi connectivity index (χ4v) is 1.50. The van der Waals surface area contributed by atoms with E-state index in [9.17, 15) is 14.3 Å². The van der Waals surface area contributed by atoms with Crippen LogP contribution in [0.5, 0.6) is 11.5 Å². The molecule has 5 nitrogen and oxygen atoms in total. The van der Waals surface area contributed by atoms with Crippen LogP contribution in [0.1, 0.15) is 5.56 Å². The van der Waals surface area contributed by atoms with Crippen LogP contribution in [0.25, 0.3) is 0 Å². The van der Waals surface area contributed by atoms with Gasteiger partial charge < -0.3 is 9.84 Å². The zero-order valence-corrected chi connectivity index (χ0v) is 11.0. The Bertz CT molecular complexity index is 642. The van der Waals surface area contributed by atoms with E-state index in [4.69, 9.17) is 4.74 Å². The lowest BCUT2D eigenvalue weighted by Gasteiger charge is -2.04. The Morgan fingerprint density at radius 1 is 1.29 bits per heavy atom. The van der Waals surface area contributed by atoms with Gasteiger partial charge in [0.15, 0.2) is 6.61 Å². The summed E-state index contributed by atoms with van der Waals surface area (Å²) in [5.41, 5.74) is 2.93. The number of nitrogens with one attached hydrogen (secondary N) is 1. The first-order chi connectivity index (χ1) is 10.1. The number of hydrogen-bond donors (Lipinski definition) is 2. The van der Waals surface area contributed by atoms with Crippen LogP contribution in [-0.4, -0.2) is 23.8 Å². The third-order valence-corrected chi connectivity index (χ3v) is 2.46. The lowest BCUT2D eigenvalue weighted by Crippen LogP contribution is -2.24. The zero-order valence-electron chi connectivity index (χ0n) is 11.0. The van der Waals surface area contributed by atoms with Gasteiger partial charge in [0.1, 0.15) is 17.3 Å². The van der Waals surface area contributed by atoms with Crippen LogP contribution in [0.3, 0.4) is 0 Å². The molecular weight excluding hydrogens is 275 g/mol. The van der Waals surface area contributed by atoms with Crippen molar-refractivity contribution in [2.75, 3.05) is 6.61 Å². The minimum Gasteiger partial charge on any atom is -0.508 e. The number of rotatable bonds is 5. The Kier molecular flexibility index (Phi) is 4.87. The van der Waals surface area contributed by atoms with Crippen molar-refractivity contribution in [3.05, 3.63) is 59.9 Å². The number of amides is 1. The lowest BCUT2D eigenvalue weighted by atomic mass is 10.2. The van der Waals surface area contributed by atoms with Gasteiger partial charge in [-0.3, -0.25) is 4.79 Å². The molecule has 108 valence electrons. The van der Waals surface area contributed by atoms with Gasteiger partial charge in [-0.25, -0.2) is 9.82 Å². The number of halogens is 1. The molecule has 6 heteroatoms. The highest BCUT2D eigenvalue weighted by atomic mass is 19.1. The zero-order chi connectivity index (χ0) is 15.1. The second-order valence-corrected chi connectivity index (χ2v) is 4.13. The summed E-state index contributed by atoms with van der Waals surface area (Å²) in [6.07, 6.45) is 1.40. The SMILES string of the molecule is O=C(COc1ccc(F)cc1)N/N=C/c1cccc(O)c1. The highest BCUT2D eigenvalue weighted by Gasteiger charge is 2.01. The molecule has 0 fully saturated rings. The molecule has 0 atom stereocenters. The molecule has 2 N–H and O–H groups in total. The molecule has 0 heterocycles. The number of phenolic OH excluding ortho intramolecular Hbond substituents is 1. The Morgan fingerprint density at radius 2 is 2.05 bits per heavy atom. The summed E-state index contributed by atoms with van der Waals surface area (Å²) in [7, 11) is 0. The first-order valence-electron chi connectivity index (χ1n) is 6.13. The van der Waals surface area contributed by atoms with E-state index in [1.54, 1.807) is 12.1 Å². The normalized spacial score (nSPS) is 10.5. The molecule has 0 aromatic heterocycles. The minimum absolute atomic E-state index is 0.116. The third kappa shape index (κ3) is 4.94. The van der Waals surface area contributed by atoms with E-state index in [1.807, 2.05) is 0 Å². The van der Waals surface area contributed by atoms with Crippen molar-refractivity contribution in [1.82, 2.24) is 5.43 Å². The summed E-state index contributed by atoms with van der Waals surface area (Å²) in [6.45, 7) is -0.233. The van der Waals surface area contributed by atoms with E-state index in [0.717, 1.165) is 0 Å². The lowest BCUT2D eigenvalue weighted by molar-refractivity contribution is -0.123. The number of phenols is 1. The Morgan fingerprint density at radius 3 is 2.76 bits per heavy atom. The molecule has 0 bridgehead atoms. The molecule has 1 amide bonds. The number of carbonyl (C=O) groups is 1. The standard InChI is InChI=1S/C15H13FN2O3/c16-12-4-6-14(7-5-12)21-10-15(20)18-17-9-11-2-1-3-13(19)8-11/h1-9,19H,10H2,(H,18,20)/b17-9+. The maximum absolute atomic E-state index is 12.7. The van der Waals surface area contributed by atoms with Crippen molar-refractivity contribution in [3.8, 4) is 11.5 Å². The molecule has 0 aliphatic carbocycles. The number of aromatic hydroxyl groups is 1. The van der Waals surface area contributed by atoms with E-state index in [0.29, 0.717) is 11.3 Å². The first kappa shape index (κ1) is 14.5. The number of nitrogens with zero attached hydrogens (tertiary/aromatic N) is 1. The summed E-state index contributed by atoms with van der Waals surface area (Å²) in [5.74, 6) is -0.313. The molecule has 0 spiro atoms. The van der Waals surface area contributed by atoms with E-state index in [1.165, 1.54) is 42.6 Å². The van der Waals surface area contributed by atoms with Crippen molar-refractivity contribution in [1.29, 1.82) is 0 Å². The Hall–Kier alpha value is -2.89. The quantitative estimate of drug-likeness (QED) is 0.653. The molecule has 21 heavy (non-hydrogen) atoms.